The van der Waals surface area contributed by atoms with Crippen molar-refractivity contribution >= 4 is 21.6 Å². The second-order valence-electron chi connectivity index (χ2n) is 4.89. The van der Waals surface area contributed by atoms with E-state index >= 15 is 0 Å². The summed E-state index contributed by atoms with van der Waals surface area (Å²) in [6.45, 7) is 1.90. The molecule has 0 aliphatic rings. The zero-order valence-corrected chi connectivity index (χ0v) is 13.0. The average molecular weight is 358 g/mol. The molecule has 0 spiro atoms. The van der Waals surface area contributed by atoms with E-state index < -0.39 is 18.6 Å². The van der Waals surface area contributed by atoms with Crippen LogP contribution in [0.15, 0.2) is 53.0 Å². The van der Waals surface area contributed by atoms with Crippen LogP contribution in [0.5, 0.6) is 0 Å². The number of aryl methyl sites for hydroxylation is 1. The van der Waals surface area contributed by atoms with Crippen LogP contribution in [0.4, 0.5) is 18.9 Å². The summed E-state index contributed by atoms with van der Waals surface area (Å²) in [5.74, 6) is 0. The van der Waals surface area contributed by atoms with E-state index in [1.807, 2.05) is 19.1 Å². The zero-order chi connectivity index (χ0) is 15.5. The lowest BCUT2D eigenvalue weighted by molar-refractivity contribution is -0.137. The fraction of sp³-hybridized carbons (Fsp3) is 0.250. The number of anilines is 1. The van der Waals surface area contributed by atoms with Gasteiger partial charge in [0.2, 0.25) is 0 Å². The largest absolute Gasteiger partial charge is 0.391 e. The van der Waals surface area contributed by atoms with Gasteiger partial charge in [-0.1, -0.05) is 46.3 Å². The van der Waals surface area contributed by atoms with Crippen LogP contribution in [0.25, 0.3) is 0 Å². The van der Waals surface area contributed by atoms with Crippen LogP contribution in [-0.4, -0.2) is 6.18 Å². The van der Waals surface area contributed by atoms with Gasteiger partial charge in [-0.25, -0.2) is 0 Å². The highest BCUT2D eigenvalue weighted by Gasteiger charge is 2.32. The minimum absolute atomic E-state index is 0.621. The van der Waals surface area contributed by atoms with Crippen molar-refractivity contribution in [1.29, 1.82) is 0 Å². The molecular weight excluding hydrogens is 343 g/mol. The lowest BCUT2D eigenvalue weighted by Crippen LogP contribution is -2.20. The van der Waals surface area contributed by atoms with Gasteiger partial charge in [0.1, 0.15) is 0 Å². The monoisotopic (exact) mass is 357 g/mol. The molecule has 0 aliphatic carbocycles. The molecule has 2 rings (SSSR count). The normalized spacial score (nSPS) is 13.0. The predicted octanol–water partition coefficient (Wildman–Crippen LogP) is 5.86. The van der Waals surface area contributed by atoms with Gasteiger partial charge in [0.15, 0.2) is 0 Å². The van der Waals surface area contributed by atoms with E-state index in [0.717, 1.165) is 10.0 Å². The van der Waals surface area contributed by atoms with E-state index in [0.29, 0.717) is 11.3 Å². The Labute approximate surface area is 130 Å². The molecule has 1 N–H and O–H groups in total. The molecule has 5 heteroatoms. The van der Waals surface area contributed by atoms with Crippen molar-refractivity contribution < 1.29 is 13.2 Å². The maximum atomic E-state index is 12.8. The first-order valence-electron chi connectivity index (χ1n) is 6.49. The first-order chi connectivity index (χ1) is 9.85. The number of hydrogen-bond acceptors (Lipinski definition) is 1. The Hall–Kier alpha value is -1.49. The molecule has 0 radical (unpaired) electrons. The molecule has 2 aromatic carbocycles. The minimum atomic E-state index is -4.22. The Morgan fingerprint density at radius 3 is 2.33 bits per heavy atom. The fourth-order valence-corrected chi connectivity index (χ4v) is 2.35. The van der Waals surface area contributed by atoms with E-state index in [1.54, 1.807) is 36.4 Å². The number of nitrogens with one attached hydrogen (secondary N) is 1. The molecule has 1 atom stereocenters. The third-order valence-electron chi connectivity index (χ3n) is 3.14. The smallest absolute Gasteiger partial charge is 0.378 e. The third-order valence-corrected chi connectivity index (χ3v) is 4.03. The molecule has 1 unspecified atom stereocenters. The Morgan fingerprint density at radius 1 is 1.10 bits per heavy atom. The molecule has 0 saturated carbocycles. The fourth-order valence-electron chi connectivity index (χ4n) is 2.10. The van der Waals surface area contributed by atoms with Crippen LogP contribution in [-0.2, 0) is 0 Å². The molecule has 1 nitrogen and oxygen atoms in total. The Morgan fingerprint density at radius 2 is 1.76 bits per heavy atom. The van der Waals surface area contributed by atoms with E-state index in [9.17, 15) is 13.2 Å². The molecule has 0 heterocycles. The summed E-state index contributed by atoms with van der Waals surface area (Å²) in [4.78, 5) is 0. The van der Waals surface area contributed by atoms with Crippen LogP contribution in [0.1, 0.15) is 23.6 Å². The summed E-state index contributed by atoms with van der Waals surface area (Å²) in [6.07, 6.45) is -5.13. The Bertz CT molecular complexity index is 596. The summed E-state index contributed by atoms with van der Waals surface area (Å²) < 4.78 is 39.3. The molecule has 0 aromatic heterocycles. The van der Waals surface area contributed by atoms with Crippen molar-refractivity contribution in [3.05, 3.63) is 64.1 Å². The lowest BCUT2D eigenvalue weighted by Gasteiger charge is -2.22. The SMILES string of the molecule is Cc1cc(NC(CC(F)(F)F)c2ccccc2)ccc1Br. The quantitative estimate of drug-likeness (QED) is 0.722. The second-order valence-corrected chi connectivity index (χ2v) is 5.75. The molecule has 2 aromatic rings. The summed E-state index contributed by atoms with van der Waals surface area (Å²) >= 11 is 3.38. The molecule has 0 bridgehead atoms. The van der Waals surface area contributed by atoms with Crippen molar-refractivity contribution in [2.75, 3.05) is 5.32 Å². The van der Waals surface area contributed by atoms with Gasteiger partial charge in [-0.15, -0.1) is 0 Å². The van der Waals surface area contributed by atoms with Gasteiger partial charge in [0.25, 0.3) is 0 Å². The van der Waals surface area contributed by atoms with Crippen LogP contribution < -0.4 is 5.32 Å². The van der Waals surface area contributed by atoms with Crippen LogP contribution >= 0.6 is 15.9 Å². The molecular formula is C16H15BrF3N. The summed E-state index contributed by atoms with van der Waals surface area (Å²) in [5.41, 5.74) is 2.27. The summed E-state index contributed by atoms with van der Waals surface area (Å²) in [5, 5.41) is 2.98. The number of alkyl halides is 3. The van der Waals surface area contributed by atoms with Gasteiger partial charge < -0.3 is 5.32 Å². The van der Waals surface area contributed by atoms with Crippen molar-refractivity contribution in [2.24, 2.45) is 0 Å². The first-order valence-corrected chi connectivity index (χ1v) is 7.29. The Balaban J connectivity index is 2.25. The van der Waals surface area contributed by atoms with Crippen LogP contribution in [0.3, 0.4) is 0 Å². The van der Waals surface area contributed by atoms with Gasteiger partial charge in [-0.3, -0.25) is 0 Å². The third kappa shape index (κ3) is 4.77. The number of benzene rings is 2. The standard InChI is InChI=1S/C16H15BrF3N/c1-11-9-13(7-8-14(11)17)21-15(10-16(18,19)20)12-5-3-2-4-6-12/h2-9,15,21H,10H2,1H3. The van der Waals surface area contributed by atoms with Crippen molar-refractivity contribution in [3.8, 4) is 0 Å². The van der Waals surface area contributed by atoms with Gasteiger partial charge >= 0.3 is 6.18 Å². The van der Waals surface area contributed by atoms with E-state index in [-0.39, 0.29) is 0 Å². The topological polar surface area (TPSA) is 12.0 Å². The number of hydrogen-bond donors (Lipinski definition) is 1. The minimum Gasteiger partial charge on any atom is -0.378 e. The van der Waals surface area contributed by atoms with E-state index in [2.05, 4.69) is 21.2 Å². The average Bonchev–Trinajstić information content (AvgIpc) is 2.42. The zero-order valence-electron chi connectivity index (χ0n) is 11.4. The molecule has 0 aliphatic heterocycles. The van der Waals surface area contributed by atoms with Crippen LogP contribution in [0, 0.1) is 6.92 Å². The molecule has 0 saturated heterocycles. The summed E-state index contributed by atoms with van der Waals surface area (Å²) in [6, 6.07) is 13.3. The van der Waals surface area contributed by atoms with E-state index in [1.165, 1.54) is 0 Å². The van der Waals surface area contributed by atoms with Gasteiger partial charge in [0.05, 0.1) is 12.5 Å². The van der Waals surface area contributed by atoms with Crippen molar-refractivity contribution in [2.45, 2.75) is 25.6 Å². The molecule has 0 amide bonds. The first kappa shape index (κ1) is 15.9. The number of rotatable bonds is 4. The molecule has 0 fully saturated rings. The highest BCUT2D eigenvalue weighted by molar-refractivity contribution is 9.10. The van der Waals surface area contributed by atoms with Gasteiger partial charge in [-0.05, 0) is 36.2 Å². The van der Waals surface area contributed by atoms with Gasteiger partial charge in [-0.2, -0.15) is 13.2 Å². The Kier molecular flexibility index (Phi) is 4.93. The molecule has 112 valence electrons. The van der Waals surface area contributed by atoms with Crippen molar-refractivity contribution in [3.63, 3.8) is 0 Å². The maximum Gasteiger partial charge on any atom is 0.391 e. The lowest BCUT2D eigenvalue weighted by atomic mass is 10.0. The van der Waals surface area contributed by atoms with E-state index in [4.69, 9.17) is 0 Å². The second kappa shape index (κ2) is 6.52. The van der Waals surface area contributed by atoms with Gasteiger partial charge in [0, 0.05) is 10.2 Å². The highest BCUT2D eigenvalue weighted by atomic mass is 79.9. The maximum absolute atomic E-state index is 12.8. The highest BCUT2D eigenvalue weighted by Crippen LogP contribution is 2.32. The molecule has 21 heavy (non-hydrogen) atoms. The number of halogens is 4. The predicted molar refractivity (Wildman–Crippen MR) is 82.4 cm³/mol. The summed E-state index contributed by atoms with van der Waals surface area (Å²) in [7, 11) is 0. The van der Waals surface area contributed by atoms with Crippen LogP contribution in [0.2, 0.25) is 0 Å². The van der Waals surface area contributed by atoms with Crippen molar-refractivity contribution in [1.82, 2.24) is 0 Å².